The van der Waals surface area contributed by atoms with Crippen molar-refractivity contribution in [1.82, 2.24) is 14.9 Å². The van der Waals surface area contributed by atoms with Crippen molar-refractivity contribution in [3.8, 4) is 28.2 Å². The second kappa shape index (κ2) is 12.9. The maximum Gasteiger partial charge on any atom is 0.230 e. The van der Waals surface area contributed by atoms with Gasteiger partial charge in [0.25, 0.3) is 0 Å². The van der Waals surface area contributed by atoms with Crippen LogP contribution >= 0.6 is 11.8 Å². The molecule has 6 heteroatoms. The minimum atomic E-state index is 0.0268. The molecule has 0 saturated heterocycles. The Morgan fingerprint density at radius 1 is 0.800 bits per heavy atom. The first-order valence-electron chi connectivity index (χ1n) is 12.2. The van der Waals surface area contributed by atoms with Crippen LogP contribution < -0.4 is 11.1 Å². The van der Waals surface area contributed by atoms with Crippen molar-refractivity contribution >= 4 is 17.7 Å². The van der Waals surface area contributed by atoms with Crippen molar-refractivity contribution in [2.75, 3.05) is 18.8 Å². The van der Waals surface area contributed by atoms with Gasteiger partial charge in [0, 0.05) is 23.4 Å². The minimum absolute atomic E-state index is 0.0268. The summed E-state index contributed by atoms with van der Waals surface area (Å²) in [6, 6.07) is 30.8. The average molecular weight is 485 g/mol. The molecule has 1 heterocycles. The molecule has 0 unspecified atom stereocenters. The molecule has 3 N–H and O–H groups in total. The van der Waals surface area contributed by atoms with Gasteiger partial charge in [0.05, 0.1) is 17.1 Å². The Morgan fingerprint density at radius 3 is 2.06 bits per heavy atom. The monoisotopic (exact) mass is 484 g/mol. The molecule has 0 aliphatic carbocycles. The van der Waals surface area contributed by atoms with Crippen LogP contribution in [0.4, 0.5) is 0 Å². The molecule has 0 atom stereocenters. The predicted molar refractivity (Wildman–Crippen MR) is 146 cm³/mol. The number of rotatable bonds is 12. The summed E-state index contributed by atoms with van der Waals surface area (Å²) in [6.45, 7) is 1.43. The van der Waals surface area contributed by atoms with Gasteiger partial charge in [-0.15, -0.1) is 0 Å². The molecule has 0 aliphatic rings. The van der Waals surface area contributed by atoms with Gasteiger partial charge < -0.3 is 11.1 Å². The van der Waals surface area contributed by atoms with E-state index in [9.17, 15) is 4.79 Å². The fraction of sp³-hybridized carbons (Fsp3) is 0.241. The fourth-order valence-electron chi connectivity index (χ4n) is 4.00. The highest BCUT2D eigenvalue weighted by Crippen LogP contribution is 2.38. The van der Waals surface area contributed by atoms with Gasteiger partial charge >= 0.3 is 0 Å². The summed E-state index contributed by atoms with van der Waals surface area (Å²) < 4.78 is 2.17. The normalized spacial score (nSPS) is 10.9. The molecule has 0 fully saturated rings. The molecule has 0 saturated carbocycles. The first-order valence-corrected chi connectivity index (χ1v) is 13.1. The lowest BCUT2D eigenvalue weighted by atomic mass is 10.0. The number of unbranched alkanes of at least 4 members (excludes halogenated alkanes) is 3. The lowest BCUT2D eigenvalue weighted by Gasteiger charge is -2.13. The number of nitrogens with two attached hydrogens (primary N) is 1. The number of thioether (sulfide) groups is 1. The zero-order valence-corrected chi connectivity index (χ0v) is 20.7. The number of nitrogens with one attached hydrogen (secondary N) is 1. The maximum absolute atomic E-state index is 12.6. The van der Waals surface area contributed by atoms with Crippen LogP contribution in [-0.2, 0) is 4.79 Å². The number of benzene rings is 3. The van der Waals surface area contributed by atoms with Crippen molar-refractivity contribution in [1.29, 1.82) is 0 Å². The van der Waals surface area contributed by atoms with Gasteiger partial charge in [0.15, 0.2) is 5.16 Å². The highest BCUT2D eigenvalue weighted by Gasteiger charge is 2.22. The van der Waals surface area contributed by atoms with Crippen molar-refractivity contribution < 1.29 is 4.79 Å². The van der Waals surface area contributed by atoms with E-state index >= 15 is 0 Å². The number of hydrogen-bond donors (Lipinski definition) is 2. The van der Waals surface area contributed by atoms with Crippen LogP contribution in [-0.4, -0.2) is 34.3 Å². The summed E-state index contributed by atoms with van der Waals surface area (Å²) in [5.41, 5.74) is 10.6. The molecule has 0 spiro atoms. The van der Waals surface area contributed by atoms with Crippen LogP contribution in [0.1, 0.15) is 25.7 Å². The third-order valence-corrected chi connectivity index (χ3v) is 6.68. The molecule has 5 nitrogen and oxygen atoms in total. The molecule has 0 radical (unpaired) electrons. The molecule has 1 aromatic heterocycles. The van der Waals surface area contributed by atoms with Gasteiger partial charge in [-0.05, 0) is 31.5 Å². The van der Waals surface area contributed by atoms with Crippen LogP contribution in [0, 0.1) is 0 Å². The molecule has 3 aromatic carbocycles. The second-order valence-electron chi connectivity index (χ2n) is 8.34. The zero-order valence-electron chi connectivity index (χ0n) is 19.9. The van der Waals surface area contributed by atoms with Gasteiger partial charge in [-0.3, -0.25) is 9.36 Å². The van der Waals surface area contributed by atoms with Crippen molar-refractivity contribution in [3.63, 3.8) is 0 Å². The quantitative estimate of drug-likeness (QED) is 0.193. The summed E-state index contributed by atoms with van der Waals surface area (Å²) in [7, 11) is 0. The van der Waals surface area contributed by atoms with Gasteiger partial charge in [-0.1, -0.05) is 103 Å². The first kappa shape index (κ1) is 24.8. The molecule has 0 bridgehead atoms. The Morgan fingerprint density at radius 2 is 1.40 bits per heavy atom. The number of carbonyl (C=O) groups excluding carboxylic acids is 1. The first-order chi connectivity index (χ1) is 17.3. The Bertz CT molecular complexity index is 1190. The topological polar surface area (TPSA) is 72.9 Å². The molecular weight excluding hydrogens is 452 g/mol. The Kier molecular flexibility index (Phi) is 9.15. The number of para-hydroxylation sites is 1. The molecule has 0 aliphatic heterocycles. The smallest absolute Gasteiger partial charge is 0.230 e. The Hall–Kier alpha value is -3.35. The van der Waals surface area contributed by atoms with Crippen LogP contribution in [0.25, 0.3) is 28.2 Å². The van der Waals surface area contributed by atoms with Gasteiger partial charge in [0.1, 0.15) is 0 Å². The van der Waals surface area contributed by atoms with Crippen LogP contribution in [0.5, 0.6) is 0 Å². The standard InChI is InChI=1S/C29H32N4OS/c30-20-12-1-2-13-21-31-26(34)22-35-29-32-27(23-14-6-3-7-15-23)28(24-16-8-4-9-17-24)33(29)25-18-10-5-11-19-25/h3-11,14-19H,1-2,12-13,20-22,30H2,(H,31,34). The lowest BCUT2D eigenvalue weighted by molar-refractivity contribution is -0.118. The van der Waals surface area contributed by atoms with Gasteiger partial charge in [0.2, 0.25) is 5.91 Å². The fourth-order valence-corrected chi connectivity index (χ4v) is 4.85. The third kappa shape index (κ3) is 6.62. The summed E-state index contributed by atoms with van der Waals surface area (Å²) in [5, 5.41) is 3.84. The van der Waals surface area contributed by atoms with E-state index < -0.39 is 0 Å². The third-order valence-electron chi connectivity index (χ3n) is 5.74. The number of carbonyl (C=O) groups is 1. The van der Waals surface area contributed by atoms with E-state index in [-0.39, 0.29) is 5.91 Å². The molecular formula is C29H32N4OS. The summed E-state index contributed by atoms with van der Waals surface area (Å²) >= 11 is 1.47. The Balaban J connectivity index is 1.63. The molecule has 180 valence electrons. The Labute approximate surface area is 211 Å². The van der Waals surface area contributed by atoms with Crippen LogP contribution in [0.2, 0.25) is 0 Å². The lowest BCUT2D eigenvalue weighted by Crippen LogP contribution is -2.26. The molecule has 4 aromatic rings. The highest BCUT2D eigenvalue weighted by molar-refractivity contribution is 7.99. The van der Waals surface area contributed by atoms with E-state index in [1.54, 1.807) is 0 Å². The zero-order chi connectivity index (χ0) is 24.3. The average Bonchev–Trinajstić information content (AvgIpc) is 3.30. The van der Waals surface area contributed by atoms with E-state index in [4.69, 9.17) is 10.7 Å². The maximum atomic E-state index is 12.6. The van der Waals surface area contributed by atoms with Crippen LogP contribution in [0.15, 0.2) is 96.2 Å². The number of imidazole rings is 1. The summed E-state index contributed by atoms with van der Waals surface area (Å²) in [6.07, 6.45) is 4.22. The van der Waals surface area contributed by atoms with Crippen molar-refractivity contribution in [2.24, 2.45) is 5.73 Å². The predicted octanol–water partition coefficient (Wildman–Crippen LogP) is 5.93. The summed E-state index contributed by atoms with van der Waals surface area (Å²) in [5.74, 6) is 0.341. The SMILES string of the molecule is NCCCCCCNC(=O)CSc1nc(-c2ccccc2)c(-c2ccccc2)n1-c1ccccc1. The van der Waals surface area contributed by atoms with E-state index in [2.05, 4.69) is 46.3 Å². The van der Waals surface area contributed by atoms with E-state index in [1.165, 1.54) is 11.8 Å². The molecule has 1 amide bonds. The van der Waals surface area contributed by atoms with Crippen molar-refractivity contribution in [3.05, 3.63) is 91.0 Å². The number of hydrogen-bond acceptors (Lipinski definition) is 4. The van der Waals surface area contributed by atoms with E-state index in [0.717, 1.165) is 65.6 Å². The highest BCUT2D eigenvalue weighted by atomic mass is 32.2. The van der Waals surface area contributed by atoms with Gasteiger partial charge in [-0.2, -0.15) is 0 Å². The number of nitrogens with zero attached hydrogens (tertiary/aromatic N) is 2. The molecule has 35 heavy (non-hydrogen) atoms. The van der Waals surface area contributed by atoms with E-state index in [0.29, 0.717) is 12.3 Å². The van der Waals surface area contributed by atoms with Gasteiger partial charge in [-0.25, -0.2) is 4.98 Å². The molecule has 4 rings (SSSR count). The summed E-state index contributed by atoms with van der Waals surface area (Å²) in [4.78, 5) is 17.7. The van der Waals surface area contributed by atoms with Crippen molar-refractivity contribution in [2.45, 2.75) is 30.8 Å². The van der Waals surface area contributed by atoms with Crippen LogP contribution in [0.3, 0.4) is 0 Å². The number of aromatic nitrogens is 2. The van der Waals surface area contributed by atoms with E-state index in [1.807, 2.05) is 54.6 Å². The minimum Gasteiger partial charge on any atom is -0.355 e. The number of amides is 1. The second-order valence-corrected chi connectivity index (χ2v) is 9.28. The largest absolute Gasteiger partial charge is 0.355 e.